The van der Waals surface area contributed by atoms with Crippen LogP contribution in [0, 0.1) is 6.92 Å². The molecule has 2 aromatic rings. The largest absolute Gasteiger partial charge is 0.467 e. The van der Waals surface area contributed by atoms with Gasteiger partial charge in [-0.3, -0.25) is 4.72 Å². The molecule has 0 radical (unpaired) electrons. The van der Waals surface area contributed by atoms with Crippen LogP contribution in [0.2, 0.25) is 0 Å². The summed E-state index contributed by atoms with van der Waals surface area (Å²) in [6.45, 7) is 1.49. The molecule has 26 heavy (non-hydrogen) atoms. The Kier molecular flexibility index (Phi) is 5.87. The van der Waals surface area contributed by atoms with Gasteiger partial charge < -0.3 is 14.6 Å². The molecule has 9 nitrogen and oxygen atoms in total. The fourth-order valence-electron chi connectivity index (χ4n) is 2.04. The number of aliphatic hydroxyl groups excluding tert-OH is 1. The van der Waals surface area contributed by atoms with Gasteiger partial charge in [-0.15, -0.1) is 4.98 Å². The average Bonchev–Trinajstić information content (AvgIpc) is 2.62. The molecule has 0 saturated carbocycles. The van der Waals surface area contributed by atoms with Gasteiger partial charge in [0.2, 0.25) is 0 Å². The van der Waals surface area contributed by atoms with E-state index in [0.717, 1.165) is 0 Å². The van der Waals surface area contributed by atoms with Gasteiger partial charge in [-0.25, -0.2) is 8.42 Å². The number of aryl methyl sites for hydroxylation is 1. The van der Waals surface area contributed by atoms with Crippen molar-refractivity contribution < 1.29 is 31.8 Å². The van der Waals surface area contributed by atoms with Crippen LogP contribution < -0.4 is 14.2 Å². The number of alkyl halides is 2. The second kappa shape index (κ2) is 7.74. The number of hydrogen-bond donors (Lipinski definition) is 2. The summed E-state index contributed by atoms with van der Waals surface area (Å²) in [5.41, 5.74) is 0.0990. The van der Waals surface area contributed by atoms with Crippen molar-refractivity contribution in [3.8, 4) is 12.0 Å². The van der Waals surface area contributed by atoms with Gasteiger partial charge in [-0.05, 0) is 12.5 Å². The third-order valence-electron chi connectivity index (χ3n) is 3.30. The Morgan fingerprint density at radius 2 is 1.69 bits per heavy atom. The van der Waals surface area contributed by atoms with E-state index in [-0.39, 0.29) is 29.1 Å². The predicted octanol–water partition coefficient (Wildman–Crippen LogP) is 1.24. The summed E-state index contributed by atoms with van der Waals surface area (Å²) < 4.78 is 60.1. The molecule has 0 aliphatic carbocycles. The number of methoxy groups -OCH3 is 2. The van der Waals surface area contributed by atoms with Crippen LogP contribution in [0.4, 0.5) is 14.5 Å². The van der Waals surface area contributed by atoms with Gasteiger partial charge in [0.15, 0.2) is 5.82 Å². The fourth-order valence-corrected chi connectivity index (χ4v) is 2.69. The van der Waals surface area contributed by atoms with Gasteiger partial charge in [0.25, 0.3) is 10.0 Å². The summed E-state index contributed by atoms with van der Waals surface area (Å²) in [7, 11) is -2.35. The molecule has 0 bridgehead atoms. The van der Waals surface area contributed by atoms with Crippen molar-refractivity contribution in [2.45, 2.75) is 18.8 Å². The number of halogens is 2. The number of ether oxygens (including phenoxy) is 2. The molecular formula is C14H16F2N4O5S. The Bertz CT molecular complexity index is 873. The fraction of sp³-hybridized carbons (Fsp3) is 0.357. The van der Waals surface area contributed by atoms with Crippen molar-refractivity contribution in [1.29, 1.82) is 0 Å². The summed E-state index contributed by atoms with van der Waals surface area (Å²) >= 11 is 0. The minimum Gasteiger partial charge on any atom is -0.467 e. The number of aliphatic hydroxyl groups is 1. The highest BCUT2D eigenvalue weighted by atomic mass is 32.2. The second-order valence-electron chi connectivity index (χ2n) is 5.02. The lowest BCUT2D eigenvalue weighted by atomic mass is 10.0. The number of nitrogens with one attached hydrogen (secondary N) is 1. The molecule has 0 aliphatic heterocycles. The molecule has 1 aromatic carbocycles. The molecule has 1 aromatic heterocycles. The number of rotatable bonds is 7. The van der Waals surface area contributed by atoms with Crippen LogP contribution in [0.3, 0.4) is 0 Å². The minimum atomic E-state index is -4.93. The van der Waals surface area contributed by atoms with Crippen molar-refractivity contribution in [1.82, 2.24) is 15.0 Å². The summed E-state index contributed by atoms with van der Waals surface area (Å²) in [4.78, 5) is 11.5. The SMILES string of the molecule is COc1nc(OC)nc(C(O)c2cccc(C)c2NS(=O)(=O)C(F)F)n1. The number of nitrogens with zero attached hydrogens (tertiary/aromatic N) is 3. The van der Waals surface area contributed by atoms with E-state index in [2.05, 4.69) is 15.0 Å². The summed E-state index contributed by atoms with van der Waals surface area (Å²) in [6.07, 6.45) is -1.56. The van der Waals surface area contributed by atoms with Gasteiger partial charge in [-0.1, -0.05) is 18.2 Å². The summed E-state index contributed by atoms with van der Waals surface area (Å²) in [5.74, 6) is -3.85. The van der Waals surface area contributed by atoms with Crippen molar-refractivity contribution in [2.75, 3.05) is 18.9 Å². The molecule has 2 rings (SSSR count). The molecule has 0 aliphatic rings. The van der Waals surface area contributed by atoms with Crippen LogP contribution >= 0.6 is 0 Å². The van der Waals surface area contributed by atoms with Crippen molar-refractivity contribution in [2.24, 2.45) is 0 Å². The first kappa shape index (κ1) is 19.7. The molecule has 0 saturated heterocycles. The number of para-hydroxylation sites is 1. The zero-order valence-electron chi connectivity index (χ0n) is 14.0. The Hall–Kier alpha value is -2.60. The number of aromatic nitrogens is 3. The molecule has 0 fully saturated rings. The molecule has 12 heteroatoms. The number of benzene rings is 1. The van der Waals surface area contributed by atoms with Crippen LogP contribution in [0.5, 0.6) is 12.0 Å². The Morgan fingerprint density at radius 1 is 1.12 bits per heavy atom. The zero-order chi connectivity index (χ0) is 19.5. The van der Waals surface area contributed by atoms with E-state index in [9.17, 15) is 22.3 Å². The summed E-state index contributed by atoms with van der Waals surface area (Å²) in [5, 5.41) is 10.6. The van der Waals surface area contributed by atoms with E-state index in [1.54, 1.807) is 4.72 Å². The minimum absolute atomic E-state index is 0.0236. The van der Waals surface area contributed by atoms with Crippen LogP contribution in [0.15, 0.2) is 18.2 Å². The summed E-state index contributed by atoms with van der Waals surface area (Å²) in [6, 6.07) is 4.07. The maximum absolute atomic E-state index is 12.7. The van der Waals surface area contributed by atoms with Crippen molar-refractivity contribution in [3.05, 3.63) is 35.2 Å². The quantitative estimate of drug-likeness (QED) is 0.724. The number of sulfonamides is 1. The first-order chi connectivity index (χ1) is 12.2. The molecule has 1 atom stereocenters. The Labute approximate surface area is 148 Å². The van der Waals surface area contributed by atoms with Gasteiger partial charge in [-0.2, -0.15) is 18.7 Å². The van der Waals surface area contributed by atoms with Gasteiger partial charge >= 0.3 is 17.8 Å². The molecular weight excluding hydrogens is 374 g/mol. The number of hydrogen-bond acceptors (Lipinski definition) is 8. The van der Waals surface area contributed by atoms with Crippen LogP contribution in [-0.2, 0) is 10.0 Å². The zero-order valence-corrected chi connectivity index (χ0v) is 14.8. The second-order valence-corrected chi connectivity index (χ2v) is 6.67. The van der Waals surface area contributed by atoms with Crippen molar-refractivity contribution >= 4 is 15.7 Å². The topological polar surface area (TPSA) is 124 Å². The van der Waals surface area contributed by atoms with Crippen LogP contribution in [0.25, 0.3) is 0 Å². The predicted molar refractivity (Wildman–Crippen MR) is 86.7 cm³/mol. The maximum atomic E-state index is 12.7. The van der Waals surface area contributed by atoms with Gasteiger partial charge in [0, 0.05) is 5.56 Å². The Balaban J connectivity index is 2.54. The smallest absolute Gasteiger partial charge is 0.355 e. The van der Waals surface area contributed by atoms with E-state index in [1.807, 2.05) is 0 Å². The van der Waals surface area contributed by atoms with Crippen LogP contribution in [-0.4, -0.2) is 48.5 Å². The third kappa shape index (κ3) is 4.14. The van der Waals surface area contributed by atoms with Crippen LogP contribution in [0.1, 0.15) is 23.1 Å². The van der Waals surface area contributed by atoms with E-state index < -0.39 is 21.9 Å². The van der Waals surface area contributed by atoms with Crippen molar-refractivity contribution in [3.63, 3.8) is 0 Å². The molecule has 0 amide bonds. The van der Waals surface area contributed by atoms with E-state index in [0.29, 0.717) is 5.56 Å². The van der Waals surface area contributed by atoms with E-state index in [4.69, 9.17) is 9.47 Å². The Morgan fingerprint density at radius 3 is 2.19 bits per heavy atom. The molecule has 1 unspecified atom stereocenters. The highest BCUT2D eigenvalue weighted by Crippen LogP contribution is 2.31. The first-order valence-electron chi connectivity index (χ1n) is 7.11. The lowest BCUT2D eigenvalue weighted by Crippen LogP contribution is -2.22. The normalized spacial score (nSPS) is 12.7. The monoisotopic (exact) mass is 390 g/mol. The molecule has 0 spiro atoms. The maximum Gasteiger partial charge on any atom is 0.355 e. The lowest BCUT2D eigenvalue weighted by Gasteiger charge is -2.18. The molecule has 142 valence electrons. The number of anilines is 1. The third-order valence-corrected chi connectivity index (χ3v) is 4.26. The average molecular weight is 390 g/mol. The highest BCUT2D eigenvalue weighted by molar-refractivity contribution is 7.93. The standard InChI is InChI=1S/C14H16F2N4O5S/c1-7-5-4-6-8(9(7)20-26(22,23)12(15)16)10(21)11-17-13(24-2)19-14(18-11)25-3/h4-6,10,12,20-21H,1-3H3. The highest BCUT2D eigenvalue weighted by Gasteiger charge is 2.28. The van der Waals surface area contributed by atoms with Gasteiger partial charge in [0.05, 0.1) is 19.9 Å². The van der Waals surface area contributed by atoms with E-state index >= 15 is 0 Å². The molecule has 1 heterocycles. The molecule has 2 N–H and O–H groups in total. The lowest BCUT2D eigenvalue weighted by molar-refractivity contribution is 0.204. The van der Waals surface area contributed by atoms with Gasteiger partial charge in [0.1, 0.15) is 6.10 Å². The van der Waals surface area contributed by atoms with E-state index in [1.165, 1.54) is 39.3 Å². The first-order valence-corrected chi connectivity index (χ1v) is 8.65.